The number of allylic oxidation sites excluding steroid dienone is 1. The van der Waals surface area contributed by atoms with Crippen molar-refractivity contribution in [2.45, 2.75) is 46.3 Å². The van der Waals surface area contributed by atoms with E-state index in [-0.39, 0.29) is 12.0 Å². The fourth-order valence-electron chi connectivity index (χ4n) is 4.03. The first-order valence-corrected chi connectivity index (χ1v) is 11.6. The van der Waals surface area contributed by atoms with Crippen molar-refractivity contribution in [3.05, 3.63) is 119 Å². The number of hydrogen-bond acceptors (Lipinski definition) is 1. The van der Waals surface area contributed by atoms with Gasteiger partial charge in [0.2, 0.25) is 0 Å². The lowest BCUT2D eigenvalue weighted by molar-refractivity contribution is 0.0361. The summed E-state index contributed by atoms with van der Waals surface area (Å²) in [5.41, 5.74) is 4.93. The summed E-state index contributed by atoms with van der Waals surface area (Å²) < 4.78 is 6.44. The number of benzene rings is 3. The highest BCUT2D eigenvalue weighted by Gasteiger charge is 2.25. The lowest BCUT2D eigenvalue weighted by atomic mass is 9.83. The Bertz CT molecular complexity index is 1010. The predicted molar refractivity (Wildman–Crippen MR) is 135 cm³/mol. The Morgan fingerprint density at radius 1 is 0.812 bits per heavy atom. The van der Waals surface area contributed by atoms with Crippen molar-refractivity contribution in [1.29, 1.82) is 0 Å². The molecule has 2 atom stereocenters. The van der Waals surface area contributed by atoms with Gasteiger partial charge < -0.3 is 4.74 Å². The Hall–Kier alpha value is -3.08. The number of aryl methyl sites for hydroxylation is 1. The van der Waals surface area contributed by atoms with Gasteiger partial charge in [-0.15, -0.1) is 0 Å². The van der Waals surface area contributed by atoms with E-state index in [2.05, 4.69) is 93.3 Å². The van der Waals surface area contributed by atoms with Crippen molar-refractivity contribution >= 4 is 0 Å². The number of hydrogen-bond donors (Lipinski definition) is 0. The summed E-state index contributed by atoms with van der Waals surface area (Å²) in [4.78, 5) is 0. The molecule has 1 nitrogen and oxygen atoms in total. The van der Waals surface area contributed by atoms with E-state index in [0.717, 1.165) is 18.4 Å². The average Bonchev–Trinajstić information content (AvgIpc) is 2.82. The molecule has 0 amide bonds. The van der Waals surface area contributed by atoms with E-state index < -0.39 is 0 Å². The highest BCUT2D eigenvalue weighted by atomic mass is 16.5. The molecule has 0 N–H and O–H groups in total. The highest BCUT2D eigenvalue weighted by Crippen LogP contribution is 2.27. The molecule has 0 radical (unpaired) electrons. The highest BCUT2D eigenvalue weighted by molar-refractivity contribution is 5.35. The summed E-state index contributed by atoms with van der Waals surface area (Å²) in [6, 6.07) is 31.2. The molecule has 0 heterocycles. The van der Waals surface area contributed by atoms with Crippen LogP contribution in [-0.4, -0.2) is 6.10 Å². The third kappa shape index (κ3) is 7.56. The Labute approximate surface area is 194 Å². The van der Waals surface area contributed by atoms with Gasteiger partial charge in [-0.05, 0) is 48.9 Å². The second-order valence-corrected chi connectivity index (χ2v) is 8.59. The third-order valence-corrected chi connectivity index (χ3v) is 5.72. The topological polar surface area (TPSA) is 9.23 Å². The summed E-state index contributed by atoms with van der Waals surface area (Å²) in [5.74, 6) is 7.48. The zero-order valence-corrected chi connectivity index (χ0v) is 19.5. The minimum atomic E-state index is -0.164. The Morgan fingerprint density at radius 2 is 1.38 bits per heavy atom. The van der Waals surface area contributed by atoms with E-state index in [0.29, 0.717) is 12.5 Å². The third-order valence-electron chi connectivity index (χ3n) is 5.72. The first-order valence-electron chi connectivity index (χ1n) is 11.6. The van der Waals surface area contributed by atoms with Crippen molar-refractivity contribution in [1.82, 2.24) is 0 Å². The number of rotatable bonds is 9. The Morgan fingerprint density at radius 3 is 1.97 bits per heavy atom. The molecular formula is C31H34O. The second-order valence-electron chi connectivity index (χ2n) is 8.59. The first kappa shape index (κ1) is 23.6. The van der Waals surface area contributed by atoms with Crippen molar-refractivity contribution < 1.29 is 4.74 Å². The van der Waals surface area contributed by atoms with Crippen molar-refractivity contribution in [3.63, 3.8) is 0 Å². The summed E-state index contributed by atoms with van der Waals surface area (Å²) in [7, 11) is 0. The van der Waals surface area contributed by atoms with E-state index in [1.807, 2.05) is 36.4 Å². The monoisotopic (exact) mass is 422 g/mol. The Balaban J connectivity index is 1.79. The van der Waals surface area contributed by atoms with Crippen LogP contribution in [0.15, 0.2) is 103 Å². The molecule has 0 fully saturated rings. The largest absolute Gasteiger partial charge is 0.360 e. The van der Waals surface area contributed by atoms with Crippen LogP contribution in [0.1, 0.15) is 43.9 Å². The van der Waals surface area contributed by atoms with Crippen LogP contribution in [0.5, 0.6) is 0 Å². The quantitative estimate of drug-likeness (QED) is 0.257. The molecule has 3 aromatic rings. The van der Waals surface area contributed by atoms with Gasteiger partial charge in [-0.25, -0.2) is 0 Å². The molecule has 0 saturated heterocycles. The molecule has 0 aliphatic heterocycles. The molecular weight excluding hydrogens is 388 g/mol. The summed E-state index contributed by atoms with van der Waals surface area (Å²) in [6.07, 6.45) is 4.29. The minimum Gasteiger partial charge on any atom is -0.360 e. The second kappa shape index (κ2) is 12.7. The molecule has 0 bridgehead atoms. The fraction of sp³-hybridized carbons (Fsp3) is 0.290. The van der Waals surface area contributed by atoms with Crippen LogP contribution in [0, 0.1) is 23.7 Å². The maximum atomic E-state index is 6.44. The van der Waals surface area contributed by atoms with Crippen molar-refractivity contribution in [2.24, 2.45) is 11.8 Å². The standard InChI is InChI=1S/C31H34O/c1-25(2)31(26(3)14-13-21-27-15-7-4-8-16-27)30(23-22-28-17-9-5-10-18-28)32-24-29-19-11-6-12-20-29/h4-12,14-20,25,30-31H,13,21,24H2,1-3H3/b26-14+/t30-,31-/m1/s1. The van der Waals surface area contributed by atoms with Crippen LogP contribution in [0.2, 0.25) is 0 Å². The van der Waals surface area contributed by atoms with E-state index in [4.69, 9.17) is 4.74 Å². The summed E-state index contributed by atoms with van der Waals surface area (Å²) in [5, 5.41) is 0. The predicted octanol–water partition coefficient (Wildman–Crippen LogP) is 7.47. The lowest BCUT2D eigenvalue weighted by Crippen LogP contribution is -2.28. The van der Waals surface area contributed by atoms with Crippen molar-refractivity contribution in [2.75, 3.05) is 0 Å². The summed E-state index contributed by atoms with van der Waals surface area (Å²) in [6.45, 7) is 7.33. The summed E-state index contributed by atoms with van der Waals surface area (Å²) >= 11 is 0. The van der Waals surface area contributed by atoms with E-state index in [1.165, 1.54) is 16.7 Å². The van der Waals surface area contributed by atoms with Crippen LogP contribution in [-0.2, 0) is 17.8 Å². The van der Waals surface area contributed by atoms with Crippen LogP contribution in [0.3, 0.4) is 0 Å². The van der Waals surface area contributed by atoms with Crippen LogP contribution in [0.4, 0.5) is 0 Å². The smallest absolute Gasteiger partial charge is 0.125 e. The molecule has 3 aromatic carbocycles. The molecule has 0 spiro atoms. The molecule has 0 aromatic heterocycles. The van der Waals surface area contributed by atoms with Gasteiger partial charge in [0.25, 0.3) is 0 Å². The van der Waals surface area contributed by atoms with Gasteiger partial charge >= 0.3 is 0 Å². The molecule has 32 heavy (non-hydrogen) atoms. The van der Waals surface area contributed by atoms with Crippen LogP contribution < -0.4 is 0 Å². The van der Waals surface area contributed by atoms with Gasteiger partial charge in [-0.3, -0.25) is 0 Å². The van der Waals surface area contributed by atoms with E-state index >= 15 is 0 Å². The Kier molecular flexibility index (Phi) is 9.36. The molecule has 0 aliphatic rings. The fourth-order valence-corrected chi connectivity index (χ4v) is 4.03. The molecule has 164 valence electrons. The van der Waals surface area contributed by atoms with Gasteiger partial charge in [0.05, 0.1) is 6.61 Å². The molecule has 1 heteroatoms. The van der Waals surface area contributed by atoms with E-state index in [9.17, 15) is 0 Å². The average molecular weight is 423 g/mol. The molecule has 0 saturated carbocycles. The van der Waals surface area contributed by atoms with Crippen LogP contribution in [0.25, 0.3) is 0 Å². The SMILES string of the molecule is C/C(=C\CCc1ccccc1)[C@@H](C(C)C)[C@@H](C#Cc1ccccc1)OCc1ccccc1. The molecule has 3 rings (SSSR count). The van der Waals surface area contributed by atoms with Gasteiger partial charge in [-0.1, -0.05) is 116 Å². The normalized spacial score (nSPS) is 13.3. The zero-order valence-electron chi connectivity index (χ0n) is 19.5. The maximum Gasteiger partial charge on any atom is 0.125 e. The first-order chi connectivity index (χ1) is 15.6. The van der Waals surface area contributed by atoms with Gasteiger partial charge in [0.15, 0.2) is 0 Å². The van der Waals surface area contributed by atoms with Crippen molar-refractivity contribution in [3.8, 4) is 11.8 Å². The maximum absolute atomic E-state index is 6.44. The van der Waals surface area contributed by atoms with Gasteiger partial charge in [0, 0.05) is 11.5 Å². The number of ether oxygens (including phenoxy) is 1. The van der Waals surface area contributed by atoms with Gasteiger partial charge in [-0.2, -0.15) is 0 Å². The van der Waals surface area contributed by atoms with Crippen LogP contribution >= 0.6 is 0 Å². The van der Waals surface area contributed by atoms with E-state index in [1.54, 1.807) is 0 Å². The minimum absolute atomic E-state index is 0.164. The molecule has 0 unspecified atom stereocenters. The lowest BCUT2D eigenvalue weighted by Gasteiger charge is -2.28. The van der Waals surface area contributed by atoms with Gasteiger partial charge in [0.1, 0.15) is 6.10 Å². The molecule has 0 aliphatic carbocycles. The zero-order chi connectivity index (χ0) is 22.6.